The fourth-order valence-corrected chi connectivity index (χ4v) is 4.23. The molecule has 1 aliphatic rings. The molecule has 4 rings (SSSR count). The van der Waals surface area contributed by atoms with Crippen molar-refractivity contribution in [2.24, 2.45) is 12.8 Å². The largest absolute Gasteiger partial charge is 0.357 e. The number of pyridine rings is 1. The number of aryl methyl sites for hydroxylation is 1. The highest BCUT2D eigenvalue weighted by atomic mass is 16.2. The normalized spacial score (nSPS) is 16.0. The molecule has 3 aromatic rings. The third-order valence-electron chi connectivity index (χ3n) is 5.92. The second kappa shape index (κ2) is 10.3. The quantitative estimate of drug-likeness (QED) is 0.395. The molecule has 1 unspecified atom stereocenters. The molecule has 0 bridgehead atoms. The minimum absolute atomic E-state index is 0.00712. The van der Waals surface area contributed by atoms with Crippen LogP contribution in [0.3, 0.4) is 0 Å². The van der Waals surface area contributed by atoms with E-state index in [4.69, 9.17) is 10.7 Å². The zero-order valence-corrected chi connectivity index (χ0v) is 19.7. The maximum absolute atomic E-state index is 13.7. The number of aromatic nitrogens is 5. The molecule has 3 N–H and O–H groups in total. The van der Waals surface area contributed by atoms with E-state index in [1.165, 1.54) is 10.6 Å². The van der Waals surface area contributed by atoms with Crippen molar-refractivity contribution in [1.82, 2.24) is 23.7 Å². The molecule has 11 heteroatoms. The number of rotatable bonds is 6. The average molecular weight is 474 g/mol. The van der Waals surface area contributed by atoms with E-state index in [2.05, 4.69) is 22.1 Å². The fourth-order valence-electron chi connectivity index (χ4n) is 4.23. The molecule has 1 atom stereocenters. The van der Waals surface area contributed by atoms with Crippen LogP contribution in [-0.4, -0.2) is 42.8 Å². The molecule has 11 nitrogen and oxygen atoms in total. The third-order valence-corrected chi connectivity index (χ3v) is 5.92. The summed E-state index contributed by atoms with van der Waals surface area (Å²) < 4.78 is 4.21. The van der Waals surface area contributed by atoms with Gasteiger partial charge in [0.1, 0.15) is 0 Å². The Labute approximate surface area is 202 Å². The Kier molecular flexibility index (Phi) is 6.99. The number of nitrogens with zero attached hydrogens (tertiary/aromatic N) is 7. The van der Waals surface area contributed by atoms with Gasteiger partial charge >= 0.3 is 5.69 Å². The Morgan fingerprint density at radius 2 is 2.09 bits per heavy atom. The molecule has 0 amide bonds. The second-order valence-corrected chi connectivity index (χ2v) is 8.34. The lowest BCUT2D eigenvalue weighted by atomic mass is 10.1. The number of nitrogens with two attached hydrogens (primary N) is 1. The molecular formula is C24H27N9O2. The van der Waals surface area contributed by atoms with Gasteiger partial charge in [0.05, 0.1) is 19.2 Å². The Balaban J connectivity index is 1.85. The molecule has 4 heterocycles. The number of hydrogen-bond acceptors (Lipinski definition) is 8. The minimum atomic E-state index is -0.531. The zero-order chi connectivity index (χ0) is 24.9. The lowest BCUT2D eigenvalue weighted by Gasteiger charge is -2.31. The van der Waals surface area contributed by atoms with E-state index >= 15 is 0 Å². The highest BCUT2D eigenvalue weighted by molar-refractivity contribution is 5.75. The van der Waals surface area contributed by atoms with Crippen LogP contribution in [0.1, 0.15) is 19.8 Å². The van der Waals surface area contributed by atoms with Crippen LogP contribution in [0.15, 0.2) is 45.9 Å². The Morgan fingerprint density at radius 1 is 1.31 bits per heavy atom. The Bertz CT molecular complexity index is 1480. The number of nitrogens with one attached hydrogen (secondary N) is 1. The molecule has 35 heavy (non-hydrogen) atoms. The molecule has 0 saturated carbocycles. The minimum Gasteiger partial charge on any atom is -0.357 e. The van der Waals surface area contributed by atoms with Crippen molar-refractivity contribution in [3.05, 3.63) is 57.1 Å². The summed E-state index contributed by atoms with van der Waals surface area (Å²) >= 11 is 0. The van der Waals surface area contributed by atoms with Crippen LogP contribution in [0.2, 0.25) is 0 Å². The first-order valence-electron chi connectivity index (χ1n) is 11.3. The molecule has 1 aliphatic heterocycles. The third kappa shape index (κ3) is 4.81. The summed E-state index contributed by atoms with van der Waals surface area (Å²) in [6.45, 7) is 3.22. The van der Waals surface area contributed by atoms with E-state index in [0.717, 1.165) is 24.0 Å². The van der Waals surface area contributed by atoms with Gasteiger partial charge in [-0.3, -0.25) is 23.5 Å². The highest BCUT2D eigenvalue weighted by Gasteiger charge is 2.26. The maximum atomic E-state index is 13.7. The summed E-state index contributed by atoms with van der Waals surface area (Å²) in [6, 6.07) is 5.43. The summed E-state index contributed by atoms with van der Waals surface area (Å²) in [6.07, 6.45) is 6.32. The predicted molar refractivity (Wildman–Crippen MR) is 134 cm³/mol. The molecule has 0 aliphatic carbocycles. The van der Waals surface area contributed by atoms with E-state index < -0.39 is 11.2 Å². The SMILES string of the molecule is CC#CCn1c(N2CCCC(N)C2)nc2c1c(=O)n(CC(=CC#N)Nc1ccncc1)c(=O)n2C. The Hall–Kier alpha value is -4.35. The molecule has 0 spiro atoms. The van der Waals surface area contributed by atoms with Crippen LogP contribution < -0.4 is 27.2 Å². The lowest BCUT2D eigenvalue weighted by Crippen LogP contribution is -2.44. The second-order valence-electron chi connectivity index (χ2n) is 8.34. The monoisotopic (exact) mass is 473 g/mol. The van der Waals surface area contributed by atoms with Crippen LogP contribution in [0.25, 0.3) is 11.2 Å². The zero-order valence-electron chi connectivity index (χ0n) is 19.7. The van der Waals surface area contributed by atoms with Crippen LogP contribution in [0.5, 0.6) is 0 Å². The topological polar surface area (TPSA) is 140 Å². The predicted octanol–water partition coefficient (Wildman–Crippen LogP) is 0.762. The summed E-state index contributed by atoms with van der Waals surface area (Å²) in [5.74, 6) is 6.46. The van der Waals surface area contributed by atoms with E-state index in [0.29, 0.717) is 23.9 Å². The number of imidazole rings is 1. The van der Waals surface area contributed by atoms with Gasteiger partial charge in [-0.15, -0.1) is 5.92 Å². The number of hydrogen-bond donors (Lipinski definition) is 2. The molecular weight excluding hydrogens is 446 g/mol. The smallest absolute Gasteiger partial charge is 0.332 e. The molecule has 0 radical (unpaired) electrons. The van der Waals surface area contributed by atoms with Gasteiger partial charge in [-0.2, -0.15) is 10.2 Å². The van der Waals surface area contributed by atoms with Gasteiger partial charge in [-0.25, -0.2) is 4.79 Å². The number of allylic oxidation sites excluding steroid dienone is 2. The summed E-state index contributed by atoms with van der Waals surface area (Å²) in [7, 11) is 1.58. The van der Waals surface area contributed by atoms with Crippen molar-refractivity contribution in [2.45, 2.75) is 38.9 Å². The fraction of sp³-hybridized carbons (Fsp3) is 0.375. The summed E-state index contributed by atoms with van der Waals surface area (Å²) in [5, 5.41) is 12.4. The van der Waals surface area contributed by atoms with Crippen molar-refractivity contribution >= 4 is 22.8 Å². The van der Waals surface area contributed by atoms with Crippen molar-refractivity contribution in [3.63, 3.8) is 0 Å². The van der Waals surface area contributed by atoms with Gasteiger partial charge in [-0.1, -0.05) is 5.92 Å². The lowest BCUT2D eigenvalue weighted by molar-refractivity contribution is 0.496. The molecule has 3 aromatic heterocycles. The van der Waals surface area contributed by atoms with Gasteiger partial charge in [-0.05, 0) is 31.9 Å². The van der Waals surface area contributed by atoms with Crippen LogP contribution in [0, 0.1) is 23.2 Å². The molecule has 0 aromatic carbocycles. The van der Waals surface area contributed by atoms with Crippen molar-refractivity contribution in [2.75, 3.05) is 23.3 Å². The molecule has 180 valence electrons. The van der Waals surface area contributed by atoms with Crippen LogP contribution >= 0.6 is 0 Å². The summed E-state index contributed by atoms with van der Waals surface area (Å²) in [5.41, 5.74) is 6.80. The molecule has 1 fully saturated rings. The van der Waals surface area contributed by atoms with Crippen LogP contribution in [-0.2, 0) is 20.1 Å². The number of anilines is 2. The van der Waals surface area contributed by atoms with Crippen molar-refractivity contribution < 1.29 is 0 Å². The van der Waals surface area contributed by atoms with E-state index in [-0.39, 0.29) is 30.3 Å². The standard InChI is InChI=1S/C24H27N9O2/c1-3-4-14-32-20-21(29-23(32)31-13-5-6-17(26)15-31)30(2)24(35)33(22(20)34)16-19(7-10-25)28-18-8-11-27-12-9-18/h7-9,11-12,17H,5-6,13-16,26H2,1-2H3,(H,27,28). The van der Waals surface area contributed by atoms with Gasteiger partial charge in [0.15, 0.2) is 11.2 Å². The van der Waals surface area contributed by atoms with E-state index in [1.807, 2.05) is 11.0 Å². The first-order valence-corrected chi connectivity index (χ1v) is 11.3. The highest BCUT2D eigenvalue weighted by Crippen LogP contribution is 2.23. The van der Waals surface area contributed by atoms with Crippen LogP contribution in [0.4, 0.5) is 11.6 Å². The van der Waals surface area contributed by atoms with Gasteiger partial charge in [0.2, 0.25) is 5.95 Å². The van der Waals surface area contributed by atoms with Crippen molar-refractivity contribution in [1.29, 1.82) is 5.26 Å². The van der Waals surface area contributed by atoms with Gasteiger partial charge in [0.25, 0.3) is 5.56 Å². The van der Waals surface area contributed by atoms with E-state index in [9.17, 15) is 14.9 Å². The maximum Gasteiger partial charge on any atom is 0.332 e. The number of nitriles is 1. The first-order chi connectivity index (χ1) is 16.9. The average Bonchev–Trinajstić information content (AvgIpc) is 3.24. The molecule has 1 saturated heterocycles. The number of fused-ring (bicyclic) bond motifs is 1. The summed E-state index contributed by atoms with van der Waals surface area (Å²) in [4.78, 5) is 37.6. The Morgan fingerprint density at radius 3 is 2.77 bits per heavy atom. The van der Waals surface area contributed by atoms with Crippen molar-refractivity contribution in [3.8, 4) is 17.9 Å². The number of piperidine rings is 1. The van der Waals surface area contributed by atoms with Gasteiger partial charge < -0.3 is 16.0 Å². The van der Waals surface area contributed by atoms with E-state index in [1.54, 1.807) is 43.1 Å². The first kappa shape index (κ1) is 23.8. The van der Waals surface area contributed by atoms with Gasteiger partial charge in [0, 0.05) is 56.0 Å².